The lowest BCUT2D eigenvalue weighted by Gasteiger charge is -2.48. The summed E-state index contributed by atoms with van der Waals surface area (Å²) in [7, 11) is 0. The molecule has 2 saturated heterocycles. The predicted octanol–water partition coefficient (Wildman–Crippen LogP) is 6.45. The van der Waals surface area contributed by atoms with Crippen LogP contribution >= 0.6 is 0 Å². The summed E-state index contributed by atoms with van der Waals surface area (Å²) in [5.74, 6) is 0. The van der Waals surface area contributed by atoms with Crippen molar-refractivity contribution in [2.24, 2.45) is 20.5 Å². The van der Waals surface area contributed by atoms with Gasteiger partial charge in [0.1, 0.15) is 36.6 Å². The minimum atomic E-state index is -1.88. The van der Waals surface area contributed by atoms with Crippen molar-refractivity contribution in [3.05, 3.63) is 41.8 Å². The zero-order chi connectivity index (χ0) is 44.4. The zero-order valence-electron chi connectivity index (χ0n) is 35.6. The molecule has 15 atom stereocenters. The molecular formula is C38H68N12O11. The van der Waals surface area contributed by atoms with Crippen molar-refractivity contribution in [3.8, 4) is 0 Å². The van der Waals surface area contributed by atoms with Crippen LogP contribution in [0.25, 0.3) is 41.8 Å². The lowest BCUT2D eigenvalue weighted by atomic mass is 9.84. The first-order valence-corrected chi connectivity index (χ1v) is 22.0. The minimum absolute atomic E-state index is 0.0115. The largest absolute Gasteiger partial charge is 0.388 e. The van der Waals surface area contributed by atoms with Crippen LogP contribution in [0.5, 0.6) is 0 Å². The fraction of sp³-hybridized carbons (Fsp3) is 1.00. The third kappa shape index (κ3) is 16.8. The summed E-state index contributed by atoms with van der Waals surface area (Å²) < 4.78 is 36.4. The van der Waals surface area contributed by atoms with Gasteiger partial charge in [0, 0.05) is 32.9 Å². The van der Waals surface area contributed by atoms with Gasteiger partial charge in [-0.05, 0) is 41.4 Å². The second-order valence-electron chi connectivity index (χ2n) is 16.0. The lowest BCUT2D eigenvalue weighted by molar-refractivity contribution is -0.333. The Balaban J connectivity index is 1.81. The van der Waals surface area contributed by atoms with E-state index in [1.54, 1.807) is 0 Å². The van der Waals surface area contributed by atoms with E-state index in [-0.39, 0.29) is 13.0 Å². The number of aliphatic hydroxyl groups excluding tert-OH is 5. The van der Waals surface area contributed by atoms with E-state index in [4.69, 9.17) is 34.0 Å². The fourth-order valence-electron chi connectivity index (χ4n) is 8.01. The van der Waals surface area contributed by atoms with Gasteiger partial charge >= 0.3 is 0 Å². The molecule has 1 saturated carbocycles. The number of nitrogens with zero attached hydrogens (tertiary/aromatic N) is 12. The maximum Gasteiger partial charge on any atom is 0.186 e. The van der Waals surface area contributed by atoms with Gasteiger partial charge in [-0.25, -0.2) is 0 Å². The Morgan fingerprint density at radius 2 is 1.02 bits per heavy atom. The molecule has 0 spiro atoms. The van der Waals surface area contributed by atoms with Crippen molar-refractivity contribution < 1.29 is 54.0 Å². The summed E-state index contributed by atoms with van der Waals surface area (Å²) in [5, 5.41) is 69.9. The van der Waals surface area contributed by atoms with Crippen LogP contribution in [0.2, 0.25) is 0 Å². The molecule has 23 heteroatoms. The van der Waals surface area contributed by atoms with Gasteiger partial charge in [-0.15, -0.1) is 0 Å². The van der Waals surface area contributed by atoms with Crippen LogP contribution in [0.3, 0.4) is 0 Å². The van der Waals surface area contributed by atoms with E-state index in [1.165, 1.54) is 51.4 Å². The molecule has 0 bridgehead atoms. The van der Waals surface area contributed by atoms with E-state index >= 15 is 0 Å². The van der Waals surface area contributed by atoms with E-state index < -0.39 is 98.3 Å². The molecule has 0 aromatic carbocycles. The van der Waals surface area contributed by atoms with E-state index in [0.29, 0.717) is 13.2 Å². The second kappa shape index (κ2) is 30.0. The second-order valence-corrected chi connectivity index (χ2v) is 16.0. The quantitative estimate of drug-likeness (QED) is 0.0226. The molecule has 0 aromatic rings. The molecule has 0 unspecified atom stereocenters. The van der Waals surface area contributed by atoms with Crippen LogP contribution in [0.15, 0.2) is 20.5 Å². The van der Waals surface area contributed by atoms with Gasteiger partial charge in [-0.3, -0.25) is 0 Å². The Morgan fingerprint density at radius 1 is 0.525 bits per heavy atom. The molecule has 2 aliphatic heterocycles. The van der Waals surface area contributed by atoms with E-state index in [9.17, 15) is 42.1 Å². The van der Waals surface area contributed by atoms with Crippen molar-refractivity contribution in [1.82, 2.24) is 0 Å². The number of rotatable bonds is 30. The highest BCUT2D eigenvalue weighted by molar-refractivity contribution is 5.04. The van der Waals surface area contributed by atoms with Crippen molar-refractivity contribution in [3.63, 3.8) is 0 Å². The molecule has 3 aliphatic rings. The van der Waals surface area contributed by atoms with Gasteiger partial charge < -0.3 is 54.0 Å². The summed E-state index contributed by atoms with van der Waals surface area (Å²) in [6, 6.07) is -3.73. The van der Waals surface area contributed by atoms with Crippen molar-refractivity contribution in [1.29, 1.82) is 0 Å². The van der Waals surface area contributed by atoms with E-state index in [2.05, 4.69) is 54.0 Å². The first-order valence-electron chi connectivity index (χ1n) is 22.0. The molecule has 61 heavy (non-hydrogen) atoms. The maximum absolute atomic E-state index is 11.8. The molecule has 23 nitrogen and oxygen atoms in total. The molecule has 3 rings (SSSR count). The molecule has 0 amide bonds. The Bertz CT molecular complexity index is 1430. The lowest BCUT2D eigenvalue weighted by Crippen LogP contribution is -2.65. The average molecular weight is 869 g/mol. The summed E-state index contributed by atoms with van der Waals surface area (Å²) in [6.07, 6.45) is -1.28. The average Bonchev–Trinajstić information content (AvgIpc) is 3.25. The van der Waals surface area contributed by atoms with Gasteiger partial charge in [0.25, 0.3) is 0 Å². The Kier molecular flexibility index (Phi) is 25.6. The molecule has 2 heterocycles. The number of aliphatic hydroxyl groups is 5. The van der Waals surface area contributed by atoms with Gasteiger partial charge in [-0.1, -0.05) is 124 Å². The molecule has 346 valence electrons. The molecule has 1 aliphatic carbocycles. The predicted molar refractivity (Wildman–Crippen MR) is 220 cm³/mol. The summed E-state index contributed by atoms with van der Waals surface area (Å²) in [4.78, 5) is 11.3. The molecule has 0 aromatic heterocycles. The normalized spacial score (nSPS) is 33.7. The SMILES string of the molecule is CCCCCCCCCCOC[C@H]1O[C@H](O[C@@H]2[C@@H](O)[C@H](O[C@H]3O[C@H](CN=[N+]=[N-])[C@@H](O)[C@H](O)[C@H]3O)[C@@H](N=[N+]=[N-])C[C@H]2N=[N+]=[N-])[C@H](O)[C@@H](N=[N+]=[N-])[C@@H]1OCCCCCCCCCC. The van der Waals surface area contributed by atoms with Crippen molar-refractivity contribution >= 4 is 0 Å². The van der Waals surface area contributed by atoms with Gasteiger partial charge in [0.05, 0.1) is 55.7 Å². The smallest absolute Gasteiger partial charge is 0.186 e. The van der Waals surface area contributed by atoms with Crippen LogP contribution in [-0.2, 0) is 28.4 Å². The Labute approximate surface area is 356 Å². The molecule has 5 N–H and O–H groups in total. The standard InChI is InChI=1S/C38H68N12O11/c1-3-5-7-9-11-13-15-17-19-56-23-27-36(57-20-18-16-14-12-10-8-6-4-2)28(46-50-42)30(52)37(59-27)60-34-24(44-48-40)21-25(45-49-41)35(33(34)55)61-38-32(54)31(53)29(51)26(58-38)22-43-47-39/h24-38,51-55H,3-23H2,1-2H3/t24-,25+,26-,27-,28-,29-,30-,31+,32-,33-,34+,35-,36-,37-,38-/m1/s1. The molecule has 3 fully saturated rings. The van der Waals surface area contributed by atoms with E-state index in [0.717, 1.165) is 51.4 Å². The van der Waals surface area contributed by atoms with Crippen LogP contribution in [0, 0.1) is 0 Å². The third-order valence-corrected chi connectivity index (χ3v) is 11.4. The Hall–Kier alpha value is -3.20. The highest BCUT2D eigenvalue weighted by atomic mass is 16.7. The molecule has 0 radical (unpaired) electrons. The topological polar surface area (TPSA) is 352 Å². The van der Waals surface area contributed by atoms with Crippen LogP contribution < -0.4 is 0 Å². The number of azide groups is 4. The summed E-state index contributed by atoms with van der Waals surface area (Å²) in [5.41, 5.74) is 37.3. The monoisotopic (exact) mass is 869 g/mol. The highest BCUT2D eigenvalue weighted by Gasteiger charge is 2.53. The van der Waals surface area contributed by atoms with Gasteiger partial charge in [-0.2, -0.15) is 0 Å². The highest BCUT2D eigenvalue weighted by Crippen LogP contribution is 2.36. The number of hydrogen-bond acceptors (Lipinski definition) is 15. The maximum atomic E-state index is 11.8. The van der Waals surface area contributed by atoms with Crippen LogP contribution in [0.1, 0.15) is 123 Å². The molecular weight excluding hydrogens is 800 g/mol. The number of unbranched alkanes of at least 4 members (excludes halogenated alkanes) is 14. The van der Waals surface area contributed by atoms with E-state index in [1.807, 2.05) is 0 Å². The third-order valence-electron chi connectivity index (χ3n) is 11.4. The Morgan fingerprint density at radius 3 is 1.54 bits per heavy atom. The van der Waals surface area contributed by atoms with Gasteiger partial charge in [0.2, 0.25) is 0 Å². The summed E-state index contributed by atoms with van der Waals surface area (Å²) in [6.45, 7) is 4.63. The van der Waals surface area contributed by atoms with Gasteiger partial charge in [0.15, 0.2) is 12.6 Å². The van der Waals surface area contributed by atoms with Crippen molar-refractivity contribution in [2.75, 3.05) is 26.4 Å². The zero-order valence-corrected chi connectivity index (χ0v) is 35.6. The number of ether oxygens (including phenoxy) is 6. The number of hydrogen-bond donors (Lipinski definition) is 5. The van der Waals surface area contributed by atoms with Crippen LogP contribution in [0.4, 0.5) is 0 Å². The van der Waals surface area contributed by atoms with Crippen LogP contribution in [-0.4, -0.2) is 144 Å². The fourth-order valence-corrected chi connectivity index (χ4v) is 8.01. The summed E-state index contributed by atoms with van der Waals surface area (Å²) >= 11 is 0. The first kappa shape index (κ1) is 52.1. The minimum Gasteiger partial charge on any atom is -0.388 e. The first-order chi connectivity index (χ1) is 29.7. The van der Waals surface area contributed by atoms with Crippen molar-refractivity contribution in [2.45, 2.75) is 215 Å².